The van der Waals surface area contributed by atoms with Crippen LogP contribution in [0.25, 0.3) is 22.2 Å². The number of carboxylic acid groups (broad SMARTS) is 1. The first-order valence-corrected chi connectivity index (χ1v) is 17.7. The van der Waals surface area contributed by atoms with Crippen molar-refractivity contribution in [2.45, 2.75) is 83.5 Å². The van der Waals surface area contributed by atoms with Gasteiger partial charge in [0.2, 0.25) is 11.8 Å². The Balaban J connectivity index is 1.31. The molecule has 3 aromatic carbocycles. The topological polar surface area (TPSA) is 163 Å². The maximum Gasteiger partial charge on any atom is 0.461 e. The highest BCUT2D eigenvalue weighted by molar-refractivity contribution is 5.99. The molecule has 4 aromatic rings. The smallest absolute Gasteiger partial charge is 0.461 e. The zero-order valence-corrected chi connectivity index (χ0v) is 30.6. The molecule has 0 aliphatic heterocycles. The minimum absolute atomic E-state index is 0.0399. The van der Waals surface area contributed by atoms with Crippen molar-refractivity contribution in [1.29, 1.82) is 0 Å². The number of ether oxygens (including phenoxy) is 1. The maximum absolute atomic E-state index is 14.0. The molecule has 0 bridgehead atoms. The Morgan fingerprint density at radius 2 is 1.60 bits per heavy atom. The summed E-state index contributed by atoms with van der Waals surface area (Å²) in [4.78, 5) is 56.2. The lowest BCUT2D eigenvalue weighted by atomic mass is 9.81. The van der Waals surface area contributed by atoms with Crippen LogP contribution in [-0.2, 0) is 26.7 Å². The standard InChI is InChI=1S/C39H42F5N5O6/c1-21-17-26(34(52)53)13-15-28(21)24-9-5-22(6-10-24)18-31(47-32(50)25-11-7-23(8-12-25)20-45-36(54)55-37(2,3)4)33(51)46-27-14-16-29-30(19-27)49-35(48-29)38(40,41)39(42,43)44/h5-6,9-10,13-17,19,23,25,31H,7-8,11-12,18,20H2,1-4H3,(H,45,54)(H,46,51)(H,47,50)(H,48,49)(H,52,53). The second-order valence-electron chi connectivity index (χ2n) is 14.8. The molecule has 5 rings (SSSR count). The van der Waals surface area contributed by atoms with Gasteiger partial charge >= 0.3 is 24.2 Å². The minimum atomic E-state index is -5.87. The van der Waals surface area contributed by atoms with E-state index < -0.39 is 53.5 Å². The molecule has 0 saturated heterocycles. The molecule has 1 saturated carbocycles. The van der Waals surface area contributed by atoms with Gasteiger partial charge in [-0.05, 0) is 112 Å². The first-order chi connectivity index (χ1) is 25.7. The van der Waals surface area contributed by atoms with Crippen molar-refractivity contribution in [1.82, 2.24) is 20.6 Å². The van der Waals surface area contributed by atoms with E-state index in [0.717, 1.165) is 16.7 Å². The number of aromatic carboxylic acids is 1. The fourth-order valence-corrected chi connectivity index (χ4v) is 6.45. The van der Waals surface area contributed by atoms with Crippen LogP contribution in [-0.4, -0.2) is 63.3 Å². The number of alkyl carbamates (subject to hydrolysis) is 1. The molecule has 1 atom stereocenters. The number of aryl methyl sites for hydroxylation is 1. The Kier molecular flexibility index (Phi) is 11.9. The number of imidazole rings is 1. The van der Waals surface area contributed by atoms with Crippen molar-refractivity contribution in [2.24, 2.45) is 11.8 Å². The summed E-state index contributed by atoms with van der Waals surface area (Å²) in [6, 6.07) is 14.5. The number of nitrogens with zero attached hydrogens (tertiary/aromatic N) is 1. The van der Waals surface area contributed by atoms with E-state index in [2.05, 4.69) is 20.9 Å². The minimum Gasteiger partial charge on any atom is -0.478 e. The van der Waals surface area contributed by atoms with Gasteiger partial charge in [-0.1, -0.05) is 30.3 Å². The van der Waals surface area contributed by atoms with Crippen LogP contribution in [0.3, 0.4) is 0 Å². The van der Waals surface area contributed by atoms with E-state index in [-0.39, 0.29) is 40.5 Å². The van der Waals surface area contributed by atoms with Gasteiger partial charge in [0.1, 0.15) is 11.6 Å². The van der Waals surface area contributed by atoms with Gasteiger partial charge in [0, 0.05) is 24.6 Å². The van der Waals surface area contributed by atoms with Crippen LogP contribution in [0.4, 0.5) is 32.4 Å². The van der Waals surface area contributed by atoms with Crippen molar-refractivity contribution >= 4 is 40.6 Å². The van der Waals surface area contributed by atoms with Gasteiger partial charge in [-0.25, -0.2) is 14.6 Å². The number of H-pyrrole nitrogens is 1. The molecule has 0 spiro atoms. The van der Waals surface area contributed by atoms with Crippen LogP contribution in [0.15, 0.2) is 60.7 Å². The summed E-state index contributed by atoms with van der Waals surface area (Å²) < 4.78 is 72.1. The van der Waals surface area contributed by atoms with E-state index in [9.17, 15) is 46.2 Å². The Morgan fingerprint density at radius 1 is 0.927 bits per heavy atom. The summed E-state index contributed by atoms with van der Waals surface area (Å²) in [5.74, 6) is -9.16. The van der Waals surface area contributed by atoms with E-state index >= 15 is 0 Å². The second kappa shape index (κ2) is 16.1. The van der Waals surface area contributed by atoms with Crippen molar-refractivity contribution < 1.29 is 51.0 Å². The number of halogens is 5. The molecule has 0 radical (unpaired) electrons. The fourth-order valence-electron chi connectivity index (χ4n) is 6.45. The monoisotopic (exact) mass is 771 g/mol. The van der Waals surface area contributed by atoms with Gasteiger partial charge in [0.05, 0.1) is 16.6 Å². The van der Waals surface area contributed by atoms with E-state index in [0.29, 0.717) is 37.8 Å². The highest BCUT2D eigenvalue weighted by Gasteiger charge is 2.61. The third-order valence-corrected chi connectivity index (χ3v) is 9.37. The molecule has 1 fully saturated rings. The lowest BCUT2D eigenvalue weighted by Gasteiger charge is -2.29. The third kappa shape index (κ3) is 10.2. The Labute approximate surface area is 313 Å². The molecular formula is C39H42F5N5O6. The highest BCUT2D eigenvalue weighted by Crippen LogP contribution is 2.43. The fraction of sp³-hybridized carbons (Fsp3) is 0.410. The van der Waals surface area contributed by atoms with Gasteiger partial charge < -0.3 is 30.8 Å². The molecule has 3 amide bonds. The number of aromatic nitrogens is 2. The van der Waals surface area contributed by atoms with Crippen LogP contribution < -0.4 is 16.0 Å². The van der Waals surface area contributed by atoms with Crippen LogP contribution in [0, 0.1) is 18.8 Å². The highest BCUT2D eigenvalue weighted by atomic mass is 19.4. The predicted molar refractivity (Wildman–Crippen MR) is 194 cm³/mol. The largest absolute Gasteiger partial charge is 0.478 e. The molecule has 5 N–H and O–H groups in total. The number of hydrogen-bond acceptors (Lipinski definition) is 6. The first kappa shape index (κ1) is 40.6. The van der Waals surface area contributed by atoms with E-state index in [1.165, 1.54) is 24.3 Å². The molecule has 11 nitrogen and oxygen atoms in total. The van der Waals surface area contributed by atoms with Crippen molar-refractivity contribution in [3.8, 4) is 11.1 Å². The summed E-state index contributed by atoms with van der Waals surface area (Å²) >= 11 is 0. The zero-order chi connectivity index (χ0) is 40.3. The van der Waals surface area contributed by atoms with Crippen molar-refractivity contribution in [2.75, 3.05) is 11.9 Å². The normalized spacial score (nSPS) is 17.0. The summed E-state index contributed by atoms with van der Waals surface area (Å²) in [6.07, 6.45) is -4.03. The lowest BCUT2D eigenvalue weighted by Crippen LogP contribution is -2.48. The van der Waals surface area contributed by atoms with Gasteiger partial charge in [-0.15, -0.1) is 0 Å². The van der Waals surface area contributed by atoms with Crippen molar-refractivity contribution in [3.63, 3.8) is 0 Å². The number of aromatic amines is 1. The first-order valence-electron chi connectivity index (χ1n) is 17.7. The van der Waals surface area contributed by atoms with Gasteiger partial charge in [0.15, 0.2) is 5.82 Å². The van der Waals surface area contributed by atoms with Crippen LogP contribution >= 0.6 is 0 Å². The molecular weight excluding hydrogens is 729 g/mol. The van der Waals surface area contributed by atoms with E-state index in [1.807, 2.05) is 17.1 Å². The summed E-state index contributed by atoms with van der Waals surface area (Å²) in [5, 5.41) is 17.6. The number of carbonyl (C=O) groups is 4. The molecule has 1 aliphatic rings. The summed E-state index contributed by atoms with van der Waals surface area (Å²) in [7, 11) is 0. The number of alkyl halides is 5. The SMILES string of the molecule is Cc1cc(C(=O)O)ccc1-c1ccc(CC(NC(=O)C2CCC(CNC(=O)OC(C)(C)C)CC2)C(=O)Nc2ccc3nc(C(F)(F)C(F)(F)F)[nH]c3c2)cc1. The number of hydrogen-bond donors (Lipinski definition) is 5. The average Bonchev–Trinajstić information content (AvgIpc) is 3.54. The summed E-state index contributed by atoms with van der Waals surface area (Å²) in [6.45, 7) is 7.48. The number of fused-ring (bicyclic) bond motifs is 1. The number of anilines is 1. The molecule has 55 heavy (non-hydrogen) atoms. The number of carboxylic acids is 1. The quantitative estimate of drug-likeness (QED) is 0.0969. The lowest BCUT2D eigenvalue weighted by molar-refractivity contribution is -0.292. The zero-order valence-electron chi connectivity index (χ0n) is 30.6. The molecule has 1 aliphatic carbocycles. The Morgan fingerprint density at radius 3 is 2.20 bits per heavy atom. The molecule has 1 aromatic heterocycles. The molecule has 1 unspecified atom stereocenters. The molecule has 1 heterocycles. The van der Waals surface area contributed by atoms with E-state index in [1.54, 1.807) is 52.0 Å². The molecule has 16 heteroatoms. The van der Waals surface area contributed by atoms with Gasteiger partial charge in [-0.2, -0.15) is 22.0 Å². The third-order valence-electron chi connectivity index (χ3n) is 9.37. The number of carbonyl (C=O) groups excluding carboxylic acids is 3. The number of benzene rings is 3. The number of rotatable bonds is 11. The molecule has 294 valence electrons. The van der Waals surface area contributed by atoms with Gasteiger partial charge in [-0.3, -0.25) is 9.59 Å². The van der Waals surface area contributed by atoms with E-state index in [4.69, 9.17) is 4.74 Å². The average molecular weight is 772 g/mol. The van der Waals surface area contributed by atoms with Crippen molar-refractivity contribution in [3.05, 3.63) is 83.2 Å². The Bertz CT molecular complexity index is 2050. The number of nitrogens with one attached hydrogen (secondary N) is 4. The summed E-state index contributed by atoms with van der Waals surface area (Å²) in [5.41, 5.74) is 2.26. The van der Waals surface area contributed by atoms with Crippen LogP contribution in [0.1, 0.15) is 73.8 Å². The van der Waals surface area contributed by atoms with Crippen LogP contribution in [0.2, 0.25) is 0 Å². The Hall–Kier alpha value is -5.54. The number of amides is 3. The maximum atomic E-state index is 14.0. The van der Waals surface area contributed by atoms with Crippen LogP contribution in [0.5, 0.6) is 0 Å². The van der Waals surface area contributed by atoms with Gasteiger partial charge in [0.25, 0.3) is 0 Å². The predicted octanol–water partition coefficient (Wildman–Crippen LogP) is 7.89. The second-order valence-corrected chi connectivity index (χ2v) is 14.8.